The first-order valence-electron chi connectivity index (χ1n) is 6.03. The van der Waals surface area contributed by atoms with Crippen LogP contribution in [0.1, 0.15) is 33.0 Å². The number of aromatic nitrogens is 2. The van der Waals surface area contributed by atoms with E-state index in [0.717, 1.165) is 12.8 Å². The fourth-order valence-corrected chi connectivity index (χ4v) is 1.28. The second-order valence-electron chi connectivity index (χ2n) is 4.57. The highest BCUT2D eigenvalue weighted by atomic mass is 16.5. The summed E-state index contributed by atoms with van der Waals surface area (Å²) in [6.07, 6.45) is 1.51. The molecule has 3 N–H and O–H groups in total. The van der Waals surface area contributed by atoms with Crippen LogP contribution >= 0.6 is 0 Å². The molecule has 0 aliphatic rings. The lowest BCUT2D eigenvalue weighted by atomic mass is 10.1. The van der Waals surface area contributed by atoms with Gasteiger partial charge in [-0.1, -0.05) is 6.92 Å². The fraction of sp³-hybridized carbons (Fsp3) is 0.667. The number of hydrogen-bond acceptors (Lipinski definition) is 6. The molecule has 0 amide bonds. The fourth-order valence-electron chi connectivity index (χ4n) is 1.28. The number of nitrogens with two attached hydrogens (primary N) is 1. The molecular formula is C12H22N4O2. The second kappa shape index (κ2) is 6.51. The van der Waals surface area contributed by atoms with Crippen molar-refractivity contribution in [2.75, 3.05) is 19.1 Å². The Morgan fingerprint density at radius 3 is 2.67 bits per heavy atom. The molecule has 1 aromatic rings. The molecule has 0 bridgehead atoms. The molecule has 0 aromatic carbocycles. The maximum atomic E-state index is 5.60. The van der Waals surface area contributed by atoms with Crippen molar-refractivity contribution in [2.45, 2.75) is 39.2 Å². The average Bonchev–Trinajstić information content (AvgIpc) is 2.38. The van der Waals surface area contributed by atoms with Crippen molar-refractivity contribution in [3.63, 3.8) is 0 Å². The molecule has 18 heavy (non-hydrogen) atoms. The highest BCUT2D eigenvalue weighted by molar-refractivity contribution is 5.36. The van der Waals surface area contributed by atoms with E-state index in [0.29, 0.717) is 24.1 Å². The molecule has 1 rings (SSSR count). The predicted molar refractivity (Wildman–Crippen MR) is 70.4 cm³/mol. The van der Waals surface area contributed by atoms with E-state index in [4.69, 9.17) is 15.3 Å². The third-order valence-corrected chi connectivity index (χ3v) is 2.72. The van der Waals surface area contributed by atoms with E-state index >= 15 is 0 Å². The van der Waals surface area contributed by atoms with Crippen LogP contribution in [0, 0.1) is 0 Å². The molecule has 0 saturated carbocycles. The van der Waals surface area contributed by atoms with Crippen LogP contribution < -0.4 is 16.0 Å². The molecule has 1 heterocycles. The minimum Gasteiger partial charge on any atom is -0.477 e. The van der Waals surface area contributed by atoms with Crippen molar-refractivity contribution in [1.29, 1.82) is 0 Å². The number of rotatable bonds is 7. The van der Waals surface area contributed by atoms with Crippen LogP contribution in [-0.2, 0) is 11.2 Å². The van der Waals surface area contributed by atoms with E-state index in [9.17, 15) is 0 Å². The number of anilines is 1. The van der Waals surface area contributed by atoms with Crippen molar-refractivity contribution in [3.8, 4) is 5.88 Å². The molecule has 0 spiro atoms. The Labute approximate surface area is 108 Å². The molecule has 0 fully saturated rings. The quantitative estimate of drug-likeness (QED) is 0.567. The molecule has 0 aliphatic heterocycles. The topological polar surface area (TPSA) is 82.3 Å². The van der Waals surface area contributed by atoms with E-state index in [1.54, 1.807) is 13.2 Å². The standard InChI is InChI=1S/C12H22N4O2/c1-5-9-14-10(16-13)8-11(15-9)18-7-6-12(2,3)17-4/h8H,5-7,13H2,1-4H3,(H,14,15,16). The van der Waals surface area contributed by atoms with Gasteiger partial charge in [-0.2, -0.15) is 4.98 Å². The van der Waals surface area contributed by atoms with Gasteiger partial charge in [0.1, 0.15) is 11.6 Å². The lowest BCUT2D eigenvalue weighted by Gasteiger charge is -2.22. The number of hydrogen-bond donors (Lipinski definition) is 2. The van der Waals surface area contributed by atoms with Crippen molar-refractivity contribution >= 4 is 5.82 Å². The summed E-state index contributed by atoms with van der Waals surface area (Å²) in [6, 6.07) is 1.68. The number of nitrogen functional groups attached to an aromatic ring is 1. The van der Waals surface area contributed by atoms with Crippen LogP contribution in [0.25, 0.3) is 0 Å². The number of hydrazine groups is 1. The second-order valence-corrected chi connectivity index (χ2v) is 4.57. The van der Waals surface area contributed by atoms with Gasteiger partial charge in [0.05, 0.1) is 12.2 Å². The van der Waals surface area contributed by atoms with E-state index < -0.39 is 0 Å². The third-order valence-electron chi connectivity index (χ3n) is 2.72. The summed E-state index contributed by atoms with van der Waals surface area (Å²) in [5.41, 5.74) is 2.31. The highest BCUT2D eigenvalue weighted by Gasteiger charge is 2.16. The van der Waals surface area contributed by atoms with Crippen LogP contribution in [0.2, 0.25) is 0 Å². The number of ether oxygens (including phenoxy) is 2. The van der Waals surface area contributed by atoms with Crippen molar-refractivity contribution in [1.82, 2.24) is 9.97 Å². The van der Waals surface area contributed by atoms with Crippen LogP contribution in [-0.4, -0.2) is 29.3 Å². The predicted octanol–water partition coefficient (Wildman–Crippen LogP) is 1.52. The van der Waals surface area contributed by atoms with Crippen molar-refractivity contribution < 1.29 is 9.47 Å². The number of aryl methyl sites for hydroxylation is 1. The maximum Gasteiger partial charge on any atom is 0.218 e. The Kier molecular flexibility index (Phi) is 5.30. The van der Waals surface area contributed by atoms with Crippen LogP contribution in [0.4, 0.5) is 5.82 Å². The SMILES string of the molecule is CCc1nc(NN)cc(OCCC(C)(C)OC)n1. The maximum absolute atomic E-state index is 5.60. The van der Waals surface area contributed by atoms with E-state index in [-0.39, 0.29) is 5.60 Å². The summed E-state index contributed by atoms with van der Waals surface area (Å²) >= 11 is 0. The molecule has 0 aliphatic carbocycles. The average molecular weight is 254 g/mol. The zero-order valence-corrected chi connectivity index (χ0v) is 11.5. The van der Waals surface area contributed by atoms with Gasteiger partial charge in [-0.05, 0) is 13.8 Å². The van der Waals surface area contributed by atoms with Gasteiger partial charge < -0.3 is 14.9 Å². The molecule has 0 unspecified atom stereocenters. The van der Waals surface area contributed by atoms with E-state index in [1.807, 2.05) is 20.8 Å². The molecule has 6 nitrogen and oxygen atoms in total. The summed E-state index contributed by atoms with van der Waals surface area (Å²) in [4.78, 5) is 8.47. The molecule has 1 aromatic heterocycles. The Balaban J connectivity index is 2.61. The molecular weight excluding hydrogens is 232 g/mol. The van der Waals surface area contributed by atoms with Crippen LogP contribution in [0.5, 0.6) is 5.88 Å². The molecule has 6 heteroatoms. The van der Waals surface area contributed by atoms with Crippen molar-refractivity contribution in [2.24, 2.45) is 5.84 Å². The lowest BCUT2D eigenvalue weighted by Crippen LogP contribution is -2.25. The van der Waals surface area contributed by atoms with E-state index in [2.05, 4.69) is 15.4 Å². The zero-order chi connectivity index (χ0) is 13.6. The summed E-state index contributed by atoms with van der Waals surface area (Å²) in [5, 5.41) is 0. The molecule has 0 atom stereocenters. The summed E-state index contributed by atoms with van der Waals surface area (Å²) in [7, 11) is 1.69. The largest absolute Gasteiger partial charge is 0.477 e. The highest BCUT2D eigenvalue weighted by Crippen LogP contribution is 2.16. The number of nitrogens with one attached hydrogen (secondary N) is 1. The van der Waals surface area contributed by atoms with Gasteiger partial charge in [0, 0.05) is 26.0 Å². The molecule has 0 radical (unpaired) electrons. The van der Waals surface area contributed by atoms with Gasteiger partial charge >= 0.3 is 0 Å². The number of methoxy groups -OCH3 is 1. The van der Waals surface area contributed by atoms with Gasteiger partial charge in [0.25, 0.3) is 0 Å². The Hall–Kier alpha value is -1.40. The lowest BCUT2D eigenvalue weighted by molar-refractivity contribution is 0.00507. The van der Waals surface area contributed by atoms with Crippen molar-refractivity contribution in [3.05, 3.63) is 11.9 Å². The molecule has 102 valence electrons. The minimum atomic E-state index is -0.199. The Bertz CT molecular complexity index is 360. The smallest absolute Gasteiger partial charge is 0.218 e. The summed E-state index contributed by atoms with van der Waals surface area (Å²) < 4.78 is 10.9. The molecule has 0 saturated heterocycles. The van der Waals surface area contributed by atoms with Gasteiger partial charge in [0.2, 0.25) is 5.88 Å². The first-order valence-corrected chi connectivity index (χ1v) is 6.03. The first-order chi connectivity index (χ1) is 8.50. The zero-order valence-electron chi connectivity index (χ0n) is 11.5. The third kappa shape index (κ3) is 4.46. The van der Waals surface area contributed by atoms with E-state index in [1.165, 1.54) is 0 Å². The first kappa shape index (κ1) is 14.7. The van der Waals surface area contributed by atoms with Gasteiger partial charge in [-0.3, -0.25) is 0 Å². The Morgan fingerprint density at radius 2 is 2.11 bits per heavy atom. The minimum absolute atomic E-state index is 0.199. The van der Waals surface area contributed by atoms with Crippen LogP contribution in [0.15, 0.2) is 6.07 Å². The van der Waals surface area contributed by atoms with Gasteiger partial charge in [-0.15, -0.1) is 0 Å². The van der Waals surface area contributed by atoms with Gasteiger partial charge in [0.15, 0.2) is 0 Å². The monoisotopic (exact) mass is 254 g/mol. The van der Waals surface area contributed by atoms with Gasteiger partial charge in [-0.25, -0.2) is 10.8 Å². The summed E-state index contributed by atoms with van der Waals surface area (Å²) in [5.74, 6) is 7.13. The van der Waals surface area contributed by atoms with Crippen LogP contribution in [0.3, 0.4) is 0 Å². The Morgan fingerprint density at radius 1 is 1.39 bits per heavy atom. The summed E-state index contributed by atoms with van der Waals surface area (Å²) in [6.45, 7) is 6.54. The normalized spacial score (nSPS) is 11.4. The number of nitrogens with zero attached hydrogens (tertiary/aromatic N) is 2.